The Morgan fingerprint density at radius 2 is 1.17 bits per heavy atom. The molecule has 0 fully saturated rings. The van der Waals surface area contributed by atoms with Crippen molar-refractivity contribution >= 4 is 90.1 Å². The number of aromatic nitrogens is 4. The Morgan fingerprint density at radius 3 is 2.05 bits per heavy atom. The Hall–Kier alpha value is -6.64. The van der Waals surface area contributed by atoms with E-state index in [2.05, 4.69) is 166 Å². The highest BCUT2D eigenvalue weighted by atomic mass is 32.1. The van der Waals surface area contributed by atoms with Crippen molar-refractivity contribution < 1.29 is 0 Å². The minimum absolute atomic E-state index is 0.645. The van der Waals surface area contributed by atoms with Crippen LogP contribution in [-0.2, 0) is 0 Å². The largest absolute Gasteiger partial charge is 0.236 e. The van der Waals surface area contributed by atoms with Crippen molar-refractivity contribution in [3.63, 3.8) is 0 Å². The quantitative estimate of drug-likeness (QED) is 0.150. The van der Waals surface area contributed by atoms with Crippen LogP contribution in [0.1, 0.15) is 19.4 Å². The van der Waals surface area contributed by atoms with Crippen LogP contribution in [0.2, 0.25) is 0 Å². The summed E-state index contributed by atoms with van der Waals surface area (Å²) in [4.78, 5) is 20.5. The van der Waals surface area contributed by atoms with Crippen LogP contribution in [0, 0.1) is 0 Å². The van der Waals surface area contributed by atoms with Gasteiger partial charge in [-0.1, -0.05) is 127 Å². The van der Waals surface area contributed by atoms with Crippen LogP contribution < -0.4 is 0 Å². The molecular formula is C52H34N4S3. The van der Waals surface area contributed by atoms with E-state index in [0.717, 1.165) is 38.3 Å². The average Bonchev–Trinajstić information content (AvgIpc) is 4.01. The number of allylic oxidation sites excluding steroid dienone is 4. The average molecular weight is 811 g/mol. The maximum absolute atomic E-state index is 5.22. The topological polar surface area (TPSA) is 51.6 Å². The van der Waals surface area contributed by atoms with Gasteiger partial charge < -0.3 is 0 Å². The number of thiophene rings is 2. The zero-order chi connectivity index (χ0) is 39.5. The van der Waals surface area contributed by atoms with Gasteiger partial charge in [-0.25, -0.2) is 19.9 Å². The third-order valence-corrected chi connectivity index (χ3v) is 14.3. The second kappa shape index (κ2) is 14.6. The van der Waals surface area contributed by atoms with E-state index in [1.165, 1.54) is 61.7 Å². The minimum Gasteiger partial charge on any atom is -0.236 e. The maximum atomic E-state index is 5.22. The Morgan fingerprint density at radius 1 is 0.458 bits per heavy atom. The van der Waals surface area contributed by atoms with E-state index >= 15 is 0 Å². The third-order valence-electron chi connectivity index (χ3n) is 10.9. The SMILES string of the molecule is C/C=C\C(=C/C)c1ccc2nc(-c3ccc4sc5c(-c6cccc(-c7nc(-c8ccccc8)nc(-c8cccc9sc%10ccccc%10c89)n7)c6)cccc5c4c3)sc2c1. The van der Waals surface area contributed by atoms with Gasteiger partial charge in [-0.15, -0.1) is 34.0 Å². The number of fused-ring (bicyclic) bond motifs is 7. The summed E-state index contributed by atoms with van der Waals surface area (Å²) in [6.07, 6.45) is 6.40. The van der Waals surface area contributed by atoms with Crippen molar-refractivity contribution in [3.05, 3.63) is 175 Å². The van der Waals surface area contributed by atoms with Gasteiger partial charge in [0.25, 0.3) is 0 Å². The standard InChI is InChI=1S/C52H34N4S3/c1-3-13-31(4-2)33-24-26-42-46(30-33)59-52(53-42)36-25-27-44-41(29-36)38-20-11-19-37(48(38)58-44)34-16-10-17-35(28-34)50-54-49(32-14-6-5-7-15-32)55-51(56-50)40-21-12-23-45-47(40)39-18-8-9-22-43(39)57-45/h3-30H,1-2H3/b13-3-,31-4+. The fourth-order valence-electron chi connectivity index (χ4n) is 8.05. The molecule has 0 aliphatic carbocycles. The lowest BCUT2D eigenvalue weighted by atomic mass is 10.00. The predicted octanol–water partition coefficient (Wildman–Crippen LogP) is 15.5. The molecule has 0 radical (unpaired) electrons. The van der Waals surface area contributed by atoms with Gasteiger partial charge >= 0.3 is 0 Å². The first kappa shape index (κ1) is 35.5. The highest BCUT2D eigenvalue weighted by molar-refractivity contribution is 7.26. The van der Waals surface area contributed by atoms with Crippen LogP contribution in [0.4, 0.5) is 0 Å². The fourth-order valence-corrected chi connectivity index (χ4v) is 11.4. The van der Waals surface area contributed by atoms with Crippen molar-refractivity contribution in [3.8, 4) is 55.9 Å². The van der Waals surface area contributed by atoms with Gasteiger partial charge in [0.1, 0.15) is 5.01 Å². The normalized spacial score (nSPS) is 12.3. The Labute approximate surface area is 353 Å². The van der Waals surface area contributed by atoms with E-state index in [1.807, 2.05) is 29.5 Å². The molecule has 0 unspecified atom stereocenters. The van der Waals surface area contributed by atoms with Gasteiger partial charge in [0, 0.05) is 62.6 Å². The molecule has 11 rings (SSSR count). The van der Waals surface area contributed by atoms with Crippen molar-refractivity contribution in [2.75, 3.05) is 0 Å². The third kappa shape index (κ3) is 6.26. The first-order chi connectivity index (χ1) is 29.1. The van der Waals surface area contributed by atoms with Gasteiger partial charge in [-0.3, -0.25) is 0 Å². The molecular weight excluding hydrogens is 777 g/mol. The monoisotopic (exact) mass is 810 g/mol. The molecule has 4 aromatic heterocycles. The van der Waals surface area contributed by atoms with Gasteiger partial charge in [0.05, 0.1) is 10.2 Å². The summed E-state index contributed by atoms with van der Waals surface area (Å²) in [5.74, 6) is 1.97. The van der Waals surface area contributed by atoms with Crippen LogP contribution >= 0.6 is 34.0 Å². The number of hydrogen-bond donors (Lipinski definition) is 0. The van der Waals surface area contributed by atoms with Crippen LogP contribution in [-0.4, -0.2) is 19.9 Å². The van der Waals surface area contributed by atoms with E-state index in [4.69, 9.17) is 19.9 Å². The fraction of sp³-hybridized carbons (Fsp3) is 0.0385. The van der Waals surface area contributed by atoms with E-state index in [-0.39, 0.29) is 0 Å². The van der Waals surface area contributed by atoms with Gasteiger partial charge in [0.15, 0.2) is 17.5 Å². The number of hydrogen-bond acceptors (Lipinski definition) is 7. The Bertz CT molecular complexity index is 3480. The summed E-state index contributed by atoms with van der Waals surface area (Å²) >= 11 is 5.39. The number of rotatable bonds is 7. The molecule has 4 heterocycles. The van der Waals surface area contributed by atoms with Crippen molar-refractivity contribution in [1.29, 1.82) is 0 Å². The maximum Gasteiger partial charge on any atom is 0.164 e. The lowest BCUT2D eigenvalue weighted by molar-refractivity contribution is 1.08. The molecule has 59 heavy (non-hydrogen) atoms. The van der Waals surface area contributed by atoms with Gasteiger partial charge in [0.2, 0.25) is 0 Å². The molecule has 0 aliphatic heterocycles. The molecule has 4 nitrogen and oxygen atoms in total. The second-order valence-corrected chi connectivity index (χ2v) is 17.6. The van der Waals surface area contributed by atoms with Gasteiger partial charge in [-0.05, 0) is 78.6 Å². The van der Waals surface area contributed by atoms with Crippen LogP contribution in [0.3, 0.4) is 0 Å². The van der Waals surface area contributed by atoms with Gasteiger partial charge in [-0.2, -0.15) is 0 Å². The first-order valence-corrected chi connectivity index (χ1v) is 22.1. The van der Waals surface area contributed by atoms with Crippen molar-refractivity contribution in [2.24, 2.45) is 0 Å². The molecule has 0 aliphatic rings. The molecule has 0 spiro atoms. The molecule has 7 aromatic carbocycles. The van der Waals surface area contributed by atoms with Crippen molar-refractivity contribution in [1.82, 2.24) is 19.9 Å². The molecule has 11 aromatic rings. The van der Waals surface area contributed by atoms with Crippen molar-refractivity contribution in [2.45, 2.75) is 13.8 Å². The lowest BCUT2D eigenvalue weighted by Crippen LogP contribution is -2.00. The number of thiazole rings is 1. The zero-order valence-corrected chi connectivity index (χ0v) is 34.6. The molecule has 7 heteroatoms. The van der Waals surface area contributed by atoms with Crippen LogP contribution in [0.5, 0.6) is 0 Å². The molecule has 280 valence electrons. The zero-order valence-electron chi connectivity index (χ0n) is 32.2. The highest BCUT2D eigenvalue weighted by Crippen LogP contribution is 2.44. The molecule has 0 bridgehead atoms. The van der Waals surface area contributed by atoms with Crippen LogP contribution in [0.15, 0.2) is 170 Å². The van der Waals surface area contributed by atoms with E-state index in [9.17, 15) is 0 Å². The molecule has 0 saturated heterocycles. The first-order valence-electron chi connectivity index (χ1n) is 19.6. The summed E-state index contributed by atoms with van der Waals surface area (Å²) in [6, 6.07) is 53.9. The molecule has 0 atom stereocenters. The summed E-state index contributed by atoms with van der Waals surface area (Å²) in [7, 11) is 0. The van der Waals surface area contributed by atoms with E-state index < -0.39 is 0 Å². The minimum atomic E-state index is 0.645. The van der Waals surface area contributed by atoms with E-state index in [0.29, 0.717) is 17.5 Å². The van der Waals surface area contributed by atoms with E-state index in [1.54, 1.807) is 22.7 Å². The smallest absolute Gasteiger partial charge is 0.164 e. The number of nitrogens with zero attached hydrogens (tertiary/aromatic N) is 4. The second-order valence-electron chi connectivity index (χ2n) is 14.5. The summed E-state index contributed by atoms with van der Waals surface area (Å²) in [6.45, 7) is 4.14. The highest BCUT2D eigenvalue weighted by Gasteiger charge is 2.19. The summed E-state index contributed by atoms with van der Waals surface area (Å²) in [5, 5.41) is 5.92. The molecule has 0 amide bonds. The summed E-state index contributed by atoms with van der Waals surface area (Å²) < 4.78 is 6.17. The summed E-state index contributed by atoms with van der Waals surface area (Å²) in [5.41, 5.74) is 9.80. The Balaban J connectivity index is 1.01. The lowest BCUT2D eigenvalue weighted by Gasteiger charge is -2.11. The van der Waals surface area contributed by atoms with Crippen LogP contribution in [0.25, 0.3) is 112 Å². The predicted molar refractivity (Wildman–Crippen MR) is 254 cm³/mol. The molecule has 0 N–H and O–H groups in total. The Kier molecular flexibility index (Phi) is 8.81. The molecule has 0 saturated carbocycles. The number of benzene rings is 7.